The maximum absolute atomic E-state index is 15.5. The van der Waals surface area contributed by atoms with Crippen molar-refractivity contribution in [3.05, 3.63) is 59.4 Å². The summed E-state index contributed by atoms with van der Waals surface area (Å²) >= 11 is 0. The van der Waals surface area contributed by atoms with Gasteiger partial charge in [-0.05, 0) is 55.4 Å². The number of benzene rings is 2. The Morgan fingerprint density at radius 3 is 2.32 bits per heavy atom. The number of sulfonamides is 1. The average molecular weight is 497 g/mol. The Labute approximate surface area is 195 Å². The predicted molar refractivity (Wildman–Crippen MR) is 117 cm³/mol. The van der Waals surface area contributed by atoms with Crippen molar-refractivity contribution < 1.29 is 30.8 Å². The van der Waals surface area contributed by atoms with Crippen LogP contribution in [0, 0.1) is 23.4 Å². The van der Waals surface area contributed by atoms with Crippen LogP contribution in [0.5, 0.6) is 0 Å². The highest BCUT2D eigenvalue weighted by atomic mass is 32.2. The van der Waals surface area contributed by atoms with Gasteiger partial charge in [-0.2, -0.15) is 0 Å². The molecule has 3 aliphatic rings. The van der Waals surface area contributed by atoms with Gasteiger partial charge in [0.15, 0.2) is 0 Å². The van der Waals surface area contributed by atoms with E-state index in [1.165, 1.54) is 23.1 Å². The highest BCUT2D eigenvalue weighted by Crippen LogP contribution is 2.37. The van der Waals surface area contributed by atoms with E-state index in [9.17, 15) is 22.0 Å². The highest BCUT2D eigenvalue weighted by molar-refractivity contribution is 7.90. The van der Waals surface area contributed by atoms with E-state index < -0.39 is 51.0 Å². The molecule has 0 aromatic heterocycles. The van der Waals surface area contributed by atoms with Crippen LogP contribution in [0.4, 0.5) is 17.6 Å². The number of carbonyl (C=O) groups excluding carboxylic acids is 1. The molecule has 1 N–H and O–H groups in total. The molecule has 2 saturated carbocycles. The van der Waals surface area contributed by atoms with E-state index in [0.29, 0.717) is 31.7 Å². The second kappa shape index (κ2) is 8.64. The van der Waals surface area contributed by atoms with Crippen LogP contribution in [0.3, 0.4) is 0 Å². The van der Waals surface area contributed by atoms with Gasteiger partial charge in [0.2, 0.25) is 15.9 Å². The number of nitrogens with zero attached hydrogens (tertiary/aromatic N) is 1. The summed E-state index contributed by atoms with van der Waals surface area (Å²) in [5, 5.41) is -0.573. The first-order chi connectivity index (χ1) is 16.1. The van der Waals surface area contributed by atoms with Crippen molar-refractivity contribution in [1.82, 2.24) is 9.62 Å². The van der Waals surface area contributed by atoms with E-state index in [1.54, 1.807) is 0 Å². The minimum Gasteiger partial charge on any atom is -0.334 e. The summed E-state index contributed by atoms with van der Waals surface area (Å²) in [4.78, 5) is 14.2. The number of carbonyl (C=O) groups is 1. The summed E-state index contributed by atoms with van der Waals surface area (Å²) in [7, 11) is -3.76. The van der Waals surface area contributed by atoms with Gasteiger partial charge >= 0.3 is 0 Å². The standard InChI is InChI=1S/C24H24F4N2O3S/c25-16-8-15(9-17(26)11-16)19-3-1-2-14(22(19)28)10-21-23(29-34(32,33)18-6-7-18)20(27)12-30(21)24(31)13-4-5-13/h1-3,8-9,11,13,18,20-21,23,29H,4-7,10,12H2/t20-,21-,23-/m0/s1. The van der Waals surface area contributed by atoms with Crippen molar-refractivity contribution >= 4 is 15.9 Å². The molecule has 0 radical (unpaired) electrons. The van der Waals surface area contributed by atoms with Gasteiger partial charge in [-0.3, -0.25) is 4.79 Å². The summed E-state index contributed by atoms with van der Waals surface area (Å²) in [6.07, 6.45) is 0.585. The Morgan fingerprint density at radius 2 is 1.71 bits per heavy atom. The van der Waals surface area contributed by atoms with E-state index in [4.69, 9.17) is 0 Å². The molecule has 2 aliphatic carbocycles. The quantitative estimate of drug-likeness (QED) is 0.595. The molecule has 10 heteroatoms. The van der Waals surface area contributed by atoms with Crippen LogP contribution in [-0.4, -0.2) is 49.3 Å². The van der Waals surface area contributed by atoms with Gasteiger partial charge in [-0.25, -0.2) is 30.7 Å². The molecule has 3 fully saturated rings. The lowest BCUT2D eigenvalue weighted by molar-refractivity contribution is -0.133. The average Bonchev–Trinajstić information content (AvgIpc) is 3.67. The van der Waals surface area contributed by atoms with Crippen molar-refractivity contribution in [2.45, 2.75) is 55.6 Å². The largest absolute Gasteiger partial charge is 0.334 e. The number of rotatable bonds is 7. The van der Waals surface area contributed by atoms with Crippen molar-refractivity contribution in [2.75, 3.05) is 6.54 Å². The Balaban J connectivity index is 1.48. The summed E-state index contributed by atoms with van der Waals surface area (Å²) < 4.78 is 85.5. The van der Waals surface area contributed by atoms with Crippen LogP contribution >= 0.6 is 0 Å². The van der Waals surface area contributed by atoms with Crippen LogP contribution in [0.2, 0.25) is 0 Å². The SMILES string of the molecule is O=C(C1CC1)N1C[C@H](F)[C@H](NS(=O)(=O)C2CC2)[C@@H]1Cc1cccc(-c2cc(F)cc(F)c2)c1F. The lowest BCUT2D eigenvalue weighted by atomic mass is 9.95. The minimum atomic E-state index is -3.76. The molecular weight excluding hydrogens is 472 g/mol. The molecule has 0 spiro atoms. The first-order valence-electron chi connectivity index (χ1n) is 11.3. The number of halogens is 4. The second-order valence-corrected chi connectivity index (χ2v) is 11.4. The Kier molecular flexibility index (Phi) is 5.92. The molecular formula is C24H24F4N2O3S. The van der Waals surface area contributed by atoms with Gasteiger partial charge < -0.3 is 4.90 Å². The highest BCUT2D eigenvalue weighted by Gasteiger charge is 2.50. The molecule has 1 saturated heterocycles. The molecule has 2 aromatic carbocycles. The molecule has 3 atom stereocenters. The van der Waals surface area contributed by atoms with Gasteiger partial charge in [0.25, 0.3) is 0 Å². The first kappa shape index (κ1) is 23.3. The van der Waals surface area contributed by atoms with Crippen LogP contribution in [0.15, 0.2) is 36.4 Å². The zero-order valence-electron chi connectivity index (χ0n) is 18.2. The molecule has 182 valence electrons. The van der Waals surface area contributed by atoms with Crippen LogP contribution in [0.1, 0.15) is 31.2 Å². The van der Waals surface area contributed by atoms with Crippen LogP contribution < -0.4 is 4.72 Å². The van der Waals surface area contributed by atoms with Gasteiger partial charge in [0.1, 0.15) is 23.6 Å². The lowest BCUT2D eigenvalue weighted by Crippen LogP contribution is -2.50. The molecule has 1 amide bonds. The Hall–Kier alpha value is -2.46. The number of hydrogen-bond acceptors (Lipinski definition) is 3. The second-order valence-electron chi connectivity index (χ2n) is 9.38. The Morgan fingerprint density at radius 1 is 1.03 bits per heavy atom. The van der Waals surface area contributed by atoms with E-state index in [-0.39, 0.29) is 41.5 Å². The first-order valence-corrected chi connectivity index (χ1v) is 12.9. The lowest BCUT2D eigenvalue weighted by Gasteiger charge is -2.29. The molecule has 5 nitrogen and oxygen atoms in total. The number of nitrogens with one attached hydrogen (secondary N) is 1. The van der Waals surface area contributed by atoms with Crippen LogP contribution in [-0.2, 0) is 21.2 Å². The van der Waals surface area contributed by atoms with E-state index in [2.05, 4.69) is 4.72 Å². The van der Waals surface area contributed by atoms with Gasteiger partial charge in [0, 0.05) is 17.5 Å². The summed E-state index contributed by atoms with van der Waals surface area (Å²) in [6.45, 7) is -0.270. The summed E-state index contributed by atoms with van der Waals surface area (Å²) in [5.41, 5.74) is 0.0647. The number of amides is 1. The molecule has 2 aromatic rings. The zero-order valence-corrected chi connectivity index (χ0v) is 19.0. The maximum Gasteiger partial charge on any atom is 0.226 e. The van der Waals surface area contributed by atoms with E-state index >= 15 is 8.78 Å². The molecule has 34 heavy (non-hydrogen) atoms. The number of alkyl halides is 1. The van der Waals surface area contributed by atoms with Gasteiger partial charge in [0.05, 0.1) is 23.9 Å². The van der Waals surface area contributed by atoms with Crippen molar-refractivity contribution in [3.63, 3.8) is 0 Å². The number of likely N-dealkylation sites (tertiary alicyclic amines) is 1. The topological polar surface area (TPSA) is 66.5 Å². The summed E-state index contributed by atoms with van der Waals surface area (Å²) in [5.74, 6) is -2.94. The monoisotopic (exact) mass is 496 g/mol. The molecule has 0 bridgehead atoms. The third-order valence-corrected chi connectivity index (χ3v) is 8.68. The predicted octanol–water partition coefficient (Wildman–Crippen LogP) is 3.72. The minimum absolute atomic E-state index is 0.00328. The molecule has 1 heterocycles. The molecule has 1 aliphatic heterocycles. The fraction of sp³-hybridized carbons (Fsp3) is 0.458. The Bertz CT molecular complexity index is 1210. The van der Waals surface area contributed by atoms with Crippen molar-refractivity contribution in [3.8, 4) is 11.1 Å². The smallest absolute Gasteiger partial charge is 0.226 e. The fourth-order valence-electron chi connectivity index (χ4n) is 4.64. The van der Waals surface area contributed by atoms with Crippen molar-refractivity contribution in [2.24, 2.45) is 5.92 Å². The maximum atomic E-state index is 15.5. The third-order valence-electron chi connectivity index (χ3n) is 6.73. The van der Waals surface area contributed by atoms with Crippen LogP contribution in [0.25, 0.3) is 11.1 Å². The van der Waals surface area contributed by atoms with E-state index in [1.807, 2.05) is 0 Å². The molecule has 0 unspecified atom stereocenters. The van der Waals surface area contributed by atoms with Crippen molar-refractivity contribution in [1.29, 1.82) is 0 Å². The number of hydrogen-bond donors (Lipinski definition) is 1. The normalized spacial score (nSPS) is 25.1. The zero-order chi connectivity index (χ0) is 24.2. The van der Waals surface area contributed by atoms with Gasteiger partial charge in [-0.1, -0.05) is 18.2 Å². The van der Waals surface area contributed by atoms with E-state index in [0.717, 1.165) is 12.1 Å². The summed E-state index contributed by atoms with van der Waals surface area (Å²) in [6, 6.07) is 4.90. The molecule has 5 rings (SSSR count). The third kappa shape index (κ3) is 4.57. The fourth-order valence-corrected chi connectivity index (χ4v) is 6.27. The van der Waals surface area contributed by atoms with Gasteiger partial charge in [-0.15, -0.1) is 0 Å².